The van der Waals surface area contributed by atoms with Crippen LogP contribution in [-0.2, 0) is 6.42 Å². The van der Waals surface area contributed by atoms with E-state index in [9.17, 15) is 8.78 Å². The van der Waals surface area contributed by atoms with Gasteiger partial charge < -0.3 is 10.6 Å². The summed E-state index contributed by atoms with van der Waals surface area (Å²) in [5.74, 6) is 0.365. The van der Waals surface area contributed by atoms with Gasteiger partial charge in [0, 0.05) is 36.2 Å². The minimum Gasteiger partial charge on any atom is -0.343 e. The number of aromatic nitrogens is 2. The standard InChI is InChI=1S/C27H32F2N4/c1-6-10-21(18-30-5)19(2)31-26-16-25(33(32-26)23-11-8-7-9-12-23)20-13-14-24(28)22(15-20)17-27(3,4)29/h6-9,11-16,21,30H,1-2,10,17-18H2,3-5H3,(H,31,32). The van der Waals surface area contributed by atoms with E-state index in [1.165, 1.54) is 19.9 Å². The molecule has 0 saturated heterocycles. The number of allylic oxidation sites excluding steroid dienone is 1. The van der Waals surface area contributed by atoms with Crippen molar-refractivity contribution in [3.63, 3.8) is 0 Å². The van der Waals surface area contributed by atoms with Crippen LogP contribution in [0.5, 0.6) is 0 Å². The maximum absolute atomic E-state index is 14.4. The average Bonchev–Trinajstić information content (AvgIpc) is 3.18. The number of halogens is 2. The van der Waals surface area contributed by atoms with Gasteiger partial charge in [-0.1, -0.05) is 30.9 Å². The predicted octanol–water partition coefficient (Wildman–Crippen LogP) is 6.31. The molecule has 0 saturated carbocycles. The molecule has 2 N–H and O–H groups in total. The Kier molecular flexibility index (Phi) is 7.82. The summed E-state index contributed by atoms with van der Waals surface area (Å²) in [6.07, 6.45) is 2.63. The molecule has 3 rings (SSSR count). The summed E-state index contributed by atoms with van der Waals surface area (Å²) in [4.78, 5) is 0. The molecule has 0 radical (unpaired) electrons. The van der Waals surface area contributed by atoms with Crippen LogP contribution in [0.25, 0.3) is 16.9 Å². The van der Waals surface area contributed by atoms with Crippen LogP contribution in [0.2, 0.25) is 0 Å². The SMILES string of the molecule is C=CCC(CNC)C(=C)Nc1cc(-c2ccc(F)c(CC(C)(C)F)c2)n(-c2ccccc2)n1. The number of para-hydroxylation sites is 1. The lowest BCUT2D eigenvalue weighted by molar-refractivity contribution is 0.215. The maximum Gasteiger partial charge on any atom is 0.153 e. The van der Waals surface area contributed by atoms with Crippen LogP contribution in [0.1, 0.15) is 25.8 Å². The highest BCUT2D eigenvalue weighted by Gasteiger charge is 2.21. The first-order valence-corrected chi connectivity index (χ1v) is 11.1. The zero-order valence-corrected chi connectivity index (χ0v) is 19.5. The van der Waals surface area contributed by atoms with Gasteiger partial charge in [0.2, 0.25) is 0 Å². The van der Waals surface area contributed by atoms with E-state index in [0.717, 1.165) is 35.6 Å². The summed E-state index contributed by atoms with van der Waals surface area (Å²) < 4.78 is 30.5. The monoisotopic (exact) mass is 450 g/mol. The van der Waals surface area contributed by atoms with Crippen molar-refractivity contribution in [2.24, 2.45) is 5.92 Å². The van der Waals surface area contributed by atoms with Crippen molar-refractivity contribution in [2.75, 3.05) is 18.9 Å². The van der Waals surface area contributed by atoms with Crippen LogP contribution in [0.15, 0.2) is 79.5 Å². The van der Waals surface area contributed by atoms with Crippen LogP contribution in [0.3, 0.4) is 0 Å². The zero-order valence-electron chi connectivity index (χ0n) is 19.5. The number of anilines is 1. The van der Waals surface area contributed by atoms with E-state index in [4.69, 9.17) is 5.10 Å². The topological polar surface area (TPSA) is 41.9 Å². The van der Waals surface area contributed by atoms with Gasteiger partial charge in [0.25, 0.3) is 0 Å². The molecular formula is C27H32F2N4. The summed E-state index contributed by atoms with van der Waals surface area (Å²) >= 11 is 0. The van der Waals surface area contributed by atoms with Gasteiger partial charge in [0.1, 0.15) is 11.5 Å². The van der Waals surface area contributed by atoms with E-state index in [-0.39, 0.29) is 12.3 Å². The largest absolute Gasteiger partial charge is 0.343 e. The van der Waals surface area contributed by atoms with Crippen molar-refractivity contribution in [3.05, 3.63) is 90.9 Å². The molecule has 174 valence electrons. The summed E-state index contributed by atoms with van der Waals surface area (Å²) in [5.41, 5.74) is 2.02. The summed E-state index contributed by atoms with van der Waals surface area (Å²) in [5, 5.41) is 11.3. The van der Waals surface area contributed by atoms with Crippen molar-refractivity contribution >= 4 is 5.82 Å². The lowest BCUT2D eigenvalue weighted by Crippen LogP contribution is -2.23. The average molecular weight is 451 g/mol. The second kappa shape index (κ2) is 10.6. The fraction of sp³-hybridized carbons (Fsp3) is 0.296. The number of nitrogens with one attached hydrogen (secondary N) is 2. The molecule has 0 aliphatic heterocycles. The molecule has 0 spiro atoms. The van der Waals surface area contributed by atoms with Crippen molar-refractivity contribution in [3.8, 4) is 16.9 Å². The highest BCUT2D eigenvalue weighted by molar-refractivity contribution is 5.67. The van der Waals surface area contributed by atoms with E-state index in [1.54, 1.807) is 16.8 Å². The molecule has 0 fully saturated rings. The molecule has 6 heteroatoms. The molecule has 4 nitrogen and oxygen atoms in total. The van der Waals surface area contributed by atoms with Crippen molar-refractivity contribution < 1.29 is 8.78 Å². The number of hydrogen-bond donors (Lipinski definition) is 2. The van der Waals surface area contributed by atoms with E-state index < -0.39 is 11.5 Å². The first-order valence-electron chi connectivity index (χ1n) is 11.1. The Morgan fingerprint density at radius 3 is 2.55 bits per heavy atom. The molecule has 2 aromatic carbocycles. The lowest BCUT2D eigenvalue weighted by atomic mass is 9.97. The van der Waals surface area contributed by atoms with Crippen molar-refractivity contribution in [1.29, 1.82) is 0 Å². The minimum absolute atomic E-state index is 0.0126. The van der Waals surface area contributed by atoms with E-state index in [0.29, 0.717) is 11.4 Å². The van der Waals surface area contributed by atoms with Gasteiger partial charge in [-0.05, 0) is 63.2 Å². The first kappa shape index (κ1) is 24.4. The lowest BCUT2D eigenvalue weighted by Gasteiger charge is -2.18. The Labute approximate surface area is 195 Å². The fourth-order valence-electron chi connectivity index (χ4n) is 3.80. The quantitative estimate of drug-likeness (QED) is 0.337. The van der Waals surface area contributed by atoms with Crippen LogP contribution >= 0.6 is 0 Å². The molecule has 1 heterocycles. The van der Waals surface area contributed by atoms with Gasteiger partial charge >= 0.3 is 0 Å². The smallest absolute Gasteiger partial charge is 0.153 e. The molecule has 1 atom stereocenters. The van der Waals surface area contributed by atoms with Crippen LogP contribution in [0, 0.1) is 11.7 Å². The second-order valence-corrected chi connectivity index (χ2v) is 8.79. The number of rotatable bonds is 11. The Balaban J connectivity index is 2.02. The highest BCUT2D eigenvalue weighted by Crippen LogP contribution is 2.30. The number of hydrogen-bond acceptors (Lipinski definition) is 3. The van der Waals surface area contributed by atoms with Crippen molar-refractivity contribution in [2.45, 2.75) is 32.4 Å². The van der Waals surface area contributed by atoms with Gasteiger partial charge in [-0.15, -0.1) is 11.7 Å². The van der Waals surface area contributed by atoms with Crippen LogP contribution < -0.4 is 10.6 Å². The van der Waals surface area contributed by atoms with Crippen molar-refractivity contribution in [1.82, 2.24) is 15.1 Å². The van der Waals surface area contributed by atoms with E-state index in [1.807, 2.05) is 49.5 Å². The number of nitrogens with zero attached hydrogens (tertiary/aromatic N) is 2. The van der Waals surface area contributed by atoms with E-state index >= 15 is 0 Å². The molecule has 3 aromatic rings. The molecule has 0 amide bonds. The first-order chi connectivity index (χ1) is 15.7. The minimum atomic E-state index is -1.52. The Morgan fingerprint density at radius 2 is 1.91 bits per heavy atom. The third-order valence-electron chi connectivity index (χ3n) is 5.35. The Morgan fingerprint density at radius 1 is 1.18 bits per heavy atom. The van der Waals surface area contributed by atoms with Gasteiger partial charge in [-0.25, -0.2) is 13.5 Å². The normalized spacial score (nSPS) is 12.4. The molecule has 1 aromatic heterocycles. The van der Waals surface area contributed by atoms with E-state index in [2.05, 4.69) is 23.8 Å². The maximum atomic E-state index is 14.4. The second-order valence-electron chi connectivity index (χ2n) is 8.79. The Bertz CT molecular complexity index is 1100. The zero-order chi connectivity index (χ0) is 24.0. The number of alkyl halides is 1. The molecule has 0 aliphatic carbocycles. The van der Waals surface area contributed by atoms with Gasteiger partial charge in [0.15, 0.2) is 5.82 Å². The van der Waals surface area contributed by atoms with Gasteiger partial charge in [0.05, 0.1) is 11.4 Å². The molecule has 33 heavy (non-hydrogen) atoms. The number of benzene rings is 2. The molecular weight excluding hydrogens is 418 g/mol. The molecule has 0 bridgehead atoms. The van der Waals surface area contributed by atoms with Gasteiger partial charge in [-0.3, -0.25) is 0 Å². The third-order valence-corrected chi connectivity index (χ3v) is 5.35. The summed E-state index contributed by atoms with van der Waals surface area (Å²) in [7, 11) is 1.90. The van der Waals surface area contributed by atoms with Crippen LogP contribution in [0.4, 0.5) is 14.6 Å². The third kappa shape index (κ3) is 6.39. The highest BCUT2D eigenvalue weighted by atomic mass is 19.1. The fourth-order valence-corrected chi connectivity index (χ4v) is 3.80. The van der Waals surface area contributed by atoms with Gasteiger partial charge in [-0.2, -0.15) is 0 Å². The molecule has 0 aliphatic rings. The van der Waals surface area contributed by atoms with Crippen LogP contribution in [-0.4, -0.2) is 29.0 Å². The molecule has 1 unspecified atom stereocenters. The summed E-state index contributed by atoms with van der Waals surface area (Å²) in [6, 6.07) is 16.4. The summed E-state index contributed by atoms with van der Waals surface area (Å²) in [6.45, 7) is 11.7. The Hall–Kier alpha value is -3.25. The predicted molar refractivity (Wildman–Crippen MR) is 133 cm³/mol.